The van der Waals surface area contributed by atoms with Crippen LogP contribution in [0.4, 0.5) is 0 Å². The topological polar surface area (TPSA) is 40.5 Å². The predicted octanol–water partition coefficient (Wildman–Crippen LogP) is 0.989. The van der Waals surface area contributed by atoms with E-state index in [0.717, 1.165) is 12.8 Å². The first-order valence-electron chi connectivity index (χ1n) is 4.61. The van der Waals surface area contributed by atoms with Gasteiger partial charge in [-0.2, -0.15) is 0 Å². The first-order valence-corrected chi connectivity index (χ1v) is 5.15. The number of likely N-dealkylation sites (tertiary alicyclic amines) is 1. The molecule has 1 saturated heterocycles. The van der Waals surface area contributed by atoms with E-state index < -0.39 is 5.60 Å². The maximum absolute atomic E-state index is 11.4. The molecular formula is C9H16ClNO2. The molecule has 0 aromatic rings. The zero-order chi connectivity index (χ0) is 9.90. The van der Waals surface area contributed by atoms with Crippen LogP contribution in [0.25, 0.3) is 0 Å². The summed E-state index contributed by atoms with van der Waals surface area (Å²) in [5, 5.41) is 9.39. The minimum Gasteiger partial charge on any atom is -0.386 e. The summed E-state index contributed by atoms with van der Waals surface area (Å²) in [6.45, 7) is 2.70. The van der Waals surface area contributed by atoms with Crippen molar-refractivity contribution < 1.29 is 9.90 Å². The Bertz CT molecular complexity index is 186. The van der Waals surface area contributed by atoms with Crippen molar-refractivity contribution >= 4 is 17.5 Å². The number of nitrogens with zero attached hydrogens (tertiary/aromatic N) is 1. The SMILES string of the molecule is CC1(O)CN(C(=O)CCCCCl)C1. The Kier molecular flexibility index (Phi) is 3.56. The van der Waals surface area contributed by atoms with E-state index in [4.69, 9.17) is 11.6 Å². The first-order chi connectivity index (χ1) is 6.05. The zero-order valence-electron chi connectivity index (χ0n) is 7.92. The molecule has 0 saturated carbocycles. The van der Waals surface area contributed by atoms with Gasteiger partial charge in [-0.05, 0) is 19.8 Å². The minimum atomic E-state index is -0.651. The Morgan fingerprint density at radius 1 is 1.54 bits per heavy atom. The van der Waals surface area contributed by atoms with Gasteiger partial charge in [0.1, 0.15) is 0 Å². The largest absolute Gasteiger partial charge is 0.386 e. The molecule has 0 radical (unpaired) electrons. The molecule has 13 heavy (non-hydrogen) atoms. The maximum atomic E-state index is 11.4. The third-order valence-electron chi connectivity index (χ3n) is 2.19. The lowest BCUT2D eigenvalue weighted by atomic mass is 9.96. The van der Waals surface area contributed by atoms with E-state index in [1.807, 2.05) is 0 Å². The molecule has 1 amide bonds. The van der Waals surface area contributed by atoms with E-state index in [1.165, 1.54) is 0 Å². The van der Waals surface area contributed by atoms with Gasteiger partial charge in [-0.3, -0.25) is 4.79 Å². The number of rotatable bonds is 4. The molecular weight excluding hydrogens is 190 g/mol. The summed E-state index contributed by atoms with van der Waals surface area (Å²) in [6, 6.07) is 0. The molecule has 1 fully saturated rings. The highest BCUT2D eigenvalue weighted by atomic mass is 35.5. The van der Waals surface area contributed by atoms with Crippen LogP contribution < -0.4 is 0 Å². The van der Waals surface area contributed by atoms with Gasteiger partial charge in [0.2, 0.25) is 5.91 Å². The van der Waals surface area contributed by atoms with Crippen molar-refractivity contribution in [3.63, 3.8) is 0 Å². The molecule has 0 bridgehead atoms. The van der Waals surface area contributed by atoms with E-state index in [0.29, 0.717) is 25.4 Å². The summed E-state index contributed by atoms with van der Waals surface area (Å²) in [4.78, 5) is 13.0. The van der Waals surface area contributed by atoms with E-state index >= 15 is 0 Å². The second kappa shape index (κ2) is 4.29. The smallest absolute Gasteiger partial charge is 0.222 e. The summed E-state index contributed by atoms with van der Waals surface area (Å²) in [5.41, 5.74) is -0.651. The standard InChI is InChI=1S/C9H16ClNO2/c1-9(13)6-11(7-9)8(12)4-2-3-5-10/h13H,2-7H2,1H3. The van der Waals surface area contributed by atoms with Crippen molar-refractivity contribution in [2.24, 2.45) is 0 Å². The lowest BCUT2D eigenvalue weighted by molar-refractivity contribution is -0.152. The van der Waals surface area contributed by atoms with Crippen LogP contribution in [-0.4, -0.2) is 40.5 Å². The molecule has 1 aliphatic heterocycles. The third-order valence-corrected chi connectivity index (χ3v) is 2.46. The van der Waals surface area contributed by atoms with E-state index in [1.54, 1.807) is 11.8 Å². The zero-order valence-corrected chi connectivity index (χ0v) is 8.68. The van der Waals surface area contributed by atoms with Gasteiger partial charge in [0, 0.05) is 12.3 Å². The number of carbonyl (C=O) groups is 1. The van der Waals surface area contributed by atoms with Crippen LogP contribution in [-0.2, 0) is 4.79 Å². The van der Waals surface area contributed by atoms with Crippen molar-refractivity contribution in [3.8, 4) is 0 Å². The fourth-order valence-corrected chi connectivity index (χ4v) is 1.67. The summed E-state index contributed by atoms with van der Waals surface area (Å²) in [5.74, 6) is 0.752. The number of β-amino-alcohol motifs (C(OH)–C–C–N with tert-alkyl or cyclic N) is 1. The molecule has 0 atom stereocenters. The van der Waals surface area contributed by atoms with Crippen LogP contribution in [0.1, 0.15) is 26.2 Å². The molecule has 1 rings (SSSR count). The van der Waals surface area contributed by atoms with Crippen molar-refractivity contribution in [2.45, 2.75) is 31.8 Å². The van der Waals surface area contributed by atoms with Crippen molar-refractivity contribution in [3.05, 3.63) is 0 Å². The number of halogens is 1. The summed E-state index contributed by atoms with van der Waals surface area (Å²) >= 11 is 5.49. The van der Waals surface area contributed by atoms with E-state index in [9.17, 15) is 9.90 Å². The van der Waals surface area contributed by atoms with Crippen LogP contribution >= 0.6 is 11.6 Å². The highest BCUT2D eigenvalue weighted by Gasteiger charge is 2.38. The van der Waals surface area contributed by atoms with E-state index in [-0.39, 0.29) is 5.91 Å². The van der Waals surface area contributed by atoms with Gasteiger partial charge < -0.3 is 10.0 Å². The van der Waals surface area contributed by atoms with Gasteiger partial charge in [-0.1, -0.05) is 0 Å². The average Bonchev–Trinajstić information content (AvgIpc) is 2.00. The molecule has 0 aliphatic carbocycles. The molecule has 3 nitrogen and oxygen atoms in total. The van der Waals surface area contributed by atoms with Crippen molar-refractivity contribution in [2.75, 3.05) is 19.0 Å². The maximum Gasteiger partial charge on any atom is 0.222 e. The van der Waals surface area contributed by atoms with Crippen molar-refractivity contribution in [1.29, 1.82) is 0 Å². The van der Waals surface area contributed by atoms with Crippen molar-refractivity contribution in [1.82, 2.24) is 4.90 Å². The van der Waals surface area contributed by atoms with Gasteiger partial charge in [0.25, 0.3) is 0 Å². The van der Waals surface area contributed by atoms with Gasteiger partial charge in [0.15, 0.2) is 0 Å². The number of hydrogen-bond acceptors (Lipinski definition) is 2. The third kappa shape index (κ3) is 3.16. The molecule has 0 aromatic carbocycles. The number of hydrogen-bond donors (Lipinski definition) is 1. The summed E-state index contributed by atoms with van der Waals surface area (Å²) < 4.78 is 0. The van der Waals surface area contributed by atoms with Crippen LogP contribution in [0, 0.1) is 0 Å². The van der Waals surface area contributed by atoms with Gasteiger partial charge in [-0.25, -0.2) is 0 Å². The molecule has 1 heterocycles. The molecule has 1 N–H and O–H groups in total. The highest BCUT2D eigenvalue weighted by molar-refractivity contribution is 6.17. The fraction of sp³-hybridized carbons (Fsp3) is 0.889. The molecule has 1 aliphatic rings. The normalized spacial score (nSPS) is 19.8. The first kappa shape index (κ1) is 10.8. The Balaban J connectivity index is 2.12. The van der Waals surface area contributed by atoms with E-state index in [2.05, 4.69) is 0 Å². The number of carbonyl (C=O) groups excluding carboxylic acids is 1. The van der Waals surface area contributed by atoms with Gasteiger partial charge in [-0.15, -0.1) is 11.6 Å². The predicted molar refractivity (Wildman–Crippen MR) is 51.8 cm³/mol. The molecule has 0 aromatic heterocycles. The number of alkyl halides is 1. The number of aliphatic hydroxyl groups is 1. The Morgan fingerprint density at radius 2 is 2.15 bits per heavy atom. The number of amides is 1. The Hall–Kier alpha value is -0.280. The minimum absolute atomic E-state index is 0.136. The van der Waals surface area contributed by atoms with Gasteiger partial charge in [0.05, 0.1) is 18.7 Å². The number of unbranched alkanes of at least 4 members (excludes halogenated alkanes) is 1. The lowest BCUT2D eigenvalue weighted by Crippen LogP contribution is -2.61. The Labute approximate surface area is 83.7 Å². The molecule has 4 heteroatoms. The molecule has 76 valence electrons. The fourth-order valence-electron chi connectivity index (χ4n) is 1.48. The summed E-state index contributed by atoms with van der Waals surface area (Å²) in [7, 11) is 0. The second-order valence-electron chi connectivity index (χ2n) is 3.89. The quantitative estimate of drug-likeness (QED) is 0.549. The monoisotopic (exact) mass is 205 g/mol. The lowest BCUT2D eigenvalue weighted by Gasteiger charge is -2.44. The van der Waals surface area contributed by atoms with Crippen LogP contribution in [0.5, 0.6) is 0 Å². The average molecular weight is 206 g/mol. The van der Waals surface area contributed by atoms with Gasteiger partial charge >= 0.3 is 0 Å². The highest BCUT2D eigenvalue weighted by Crippen LogP contribution is 2.20. The van der Waals surface area contributed by atoms with Crippen LogP contribution in [0.3, 0.4) is 0 Å². The second-order valence-corrected chi connectivity index (χ2v) is 4.27. The van der Waals surface area contributed by atoms with Crippen LogP contribution in [0.15, 0.2) is 0 Å². The molecule has 0 unspecified atom stereocenters. The van der Waals surface area contributed by atoms with Crippen LogP contribution in [0.2, 0.25) is 0 Å². The molecule has 0 spiro atoms. The summed E-state index contributed by atoms with van der Waals surface area (Å²) in [6.07, 6.45) is 2.29. The Morgan fingerprint density at radius 3 is 2.62 bits per heavy atom.